The normalized spacial score (nSPS) is 11.2. The lowest BCUT2D eigenvalue weighted by molar-refractivity contribution is 0.234. The Bertz CT molecular complexity index is 293. The zero-order chi connectivity index (χ0) is 9.68. The zero-order valence-corrected chi connectivity index (χ0v) is 7.61. The van der Waals surface area contributed by atoms with Gasteiger partial charge in [-0.25, -0.2) is 4.99 Å². The highest BCUT2D eigenvalue weighted by Crippen LogP contribution is 2.17. The van der Waals surface area contributed by atoms with E-state index in [0.717, 1.165) is 11.4 Å². The van der Waals surface area contributed by atoms with Crippen molar-refractivity contribution in [3.05, 3.63) is 24.3 Å². The molecule has 4 nitrogen and oxygen atoms in total. The predicted octanol–water partition coefficient (Wildman–Crippen LogP) is 1.72. The number of amidine groups is 1. The molecule has 0 atom stereocenters. The molecule has 0 bridgehead atoms. The highest BCUT2D eigenvalue weighted by Gasteiger charge is 1.92. The van der Waals surface area contributed by atoms with E-state index >= 15 is 0 Å². The van der Waals surface area contributed by atoms with Gasteiger partial charge in [0.25, 0.3) is 0 Å². The van der Waals surface area contributed by atoms with Crippen LogP contribution in [0.5, 0.6) is 5.75 Å². The lowest BCUT2D eigenvalue weighted by Crippen LogP contribution is -2.13. The van der Waals surface area contributed by atoms with E-state index in [1.165, 1.54) is 0 Å². The number of hydrogen-bond acceptors (Lipinski definition) is 3. The summed E-state index contributed by atoms with van der Waals surface area (Å²) in [4.78, 5) is 4.05. The van der Waals surface area contributed by atoms with Crippen LogP contribution in [0.15, 0.2) is 29.3 Å². The van der Waals surface area contributed by atoms with Gasteiger partial charge in [-0.05, 0) is 31.2 Å². The zero-order valence-electron chi connectivity index (χ0n) is 7.61. The van der Waals surface area contributed by atoms with Crippen molar-refractivity contribution in [1.29, 1.82) is 0 Å². The Kier molecular flexibility index (Phi) is 3.28. The average Bonchev–Trinajstić information content (AvgIpc) is 2.19. The second kappa shape index (κ2) is 4.47. The first-order valence-corrected chi connectivity index (χ1v) is 3.85. The minimum Gasteiger partial charge on any atom is -0.497 e. The Morgan fingerprint density at radius 3 is 2.46 bits per heavy atom. The van der Waals surface area contributed by atoms with E-state index < -0.39 is 0 Å². The second-order valence-electron chi connectivity index (χ2n) is 2.51. The van der Waals surface area contributed by atoms with Crippen molar-refractivity contribution in [2.45, 2.75) is 6.92 Å². The Balaban J connectivity index is 2.80. The van der Waals surface area contributed by atoms with Gasteiger partial charge in [-0.1, -0.05) is 0 Å². The summed E-state index contributed by atoms with van der Waals surface area (Å²) in [5, 5.41) is 8.49. The van der Waals surface area contributed by atoms with Gasteiger partial charge in [0.2, 0.25) is 0 Å². The number of nitrogens with one attached hydrogen (secondary N) is 1. The summed E-state index contributed by atoms with van der Waals surface area (Å²) in [6.45, 7) is 1.67. The van der Waals surface area contributed by atoms with Crippen LogP contribution in [-0.2, 0) is 0 Å². The molecule has 0 radical (unpaired) electrons. The second-order valence-corrected chi connectivity index (χ2v) is 2.51. The molecule has 1 aromatic carbocycles. The molecule has 0 saturated heterocycles. The number of ether oxygens (including phenoxy) is 1. The first-order valence-electron chi connectivity index (χ1n) is 3.85. The average molecular weight is 180 g/mol. The van der Waals surface area contributed by atoms with Crippen molar-refractivity contribution in [3.8, 4) is 5.75 Å². The fourth-order valence-corrected chi connectivity index (χ4v) is 0.875. The summed E-state index contributed by atoms with van der Waals surface area (Å²) in [5.74, 6) is 1.23. The van der Waals surface area contributed by atoms with Gasteiger partial charge in [-0.2, -0.15) is 0 Å². The number of benzene rings is 1. The number of aliphatic imine (C=N–C) groups is 1. The Labute approximate surface area is 76.8 Å². The van der Waals surface area contributed by atoms with Crippen molar-refractivity contribution in [3.63, 3.8) is 0 Å². The van der Waals surface area contributed by atoms with E-state index in [0.29, 0.717) is 5.84 Å². The lowest BCUT2D eigenvalue weighted by Gasteiger charge is -2.00. The van der Waals surface area contributed by atoms with E-state index in [1.54, 1.807) is 26.2 Å². The van der Waals surface area contributed by atoms with Gasteiger partial charge >= 0.3 is 0 Å². The summed E-state index contributed by atoms with van der Waals surface area (Å²) in [7, 11) is 1.61. The van der Waals surface area contributed by atoms with Crippen LogP contribution < -0.4 is 10.2 Å². The van der Waals surface area contributed by atoms with Gasteiger partial charge < -0.3 is 4.74 Å². The maximum Gasteiger partial charge on any atom is 0.123 e. The Morgan fingerprint density at radius 2 is 2.00 bits per heavy atom. The topological polar surface area (TPSA) is 53.8 Å². The number of nitrogens with zero attached hydrogens (tertiary/aromatic N) is 1. The van der Waals surface area contributed by atoms with Gasteiger partial charge in [-0.3, -0.25) is 10.7 Å². The van der Waals surface area contributed by atoms with Gasteiger partial charge in [0, 0.05) is 0 Å². The molecule has 1 rings (SSSR count). The van der Waals surface area contributed by atoms with E-state index in [-0.39, 0.29) is 0 Å². The molecule has 70 valence electrons. The standard InChI is InChI=1S/C9H12N2O2/c1-7(11-12)10-8-3-5-9(13-2)6-4-8/h3-6,12H,1-2H3,(H,10,11). The van der Waals surface area contributed by atoms with Crippen LogP contribution in [0.3, 0.4) is 0 Å². The molecular formula is C9H12N2O2. The molecule has 0 spiro atoms. The van der Waals surface area contributed by atoms with Crippen molar-refractivity contribution in [1.82, 2.24) is 5.48 Å². The molecule has 0 aliphatic carbocycles. The summed E-state index contributed by atoms with van der Waals surface area (Å²) >= 11 is 0. The van der Waals surface area contributed by atoms with E-state index in [4.69, 9.17) is 9.94 Å². The molecule has 0 aliphatic rings. The molecule has 4 heteroatoms. The quantitative estimate of drug-likeness (QED) is 0.414. The minimum absolute atomic E-state index is 0.449. The van der Waals surface area contributed by atoms with Crippen LogP contribution in [-0.4, -0.2) is 18.2 Å². The molecule has 0 aromatic heterocycles. The number of methoxy groups -OCH3 is 1. The van der Waals surface area contributed by atoms with Gasteiger partial charge in [-0.15, -0.1) is 0 Å². The molecule has 13 heavy (non-hydrogen) atoms. The van der Waals surface area contributed by atoms with Crippen molar-refractivity contribution in [2.75, 3.05) is 7.11 Å². The predicted molar refractivity (Wildman–Crippen MR) is 50.7 cm³/mol. The van der Waals surface area contributed by atoms with Crippen molar-refractivity contribution < 1.29 is 9.94 Å². The number of hydrogen-bond donors (Lipinski definition) is 2. The van der Waals surface area contributed by atoms with Crippen LogP contribution >= 0.6 is 0 Å². The highest BCUT2D eigenvalue weighted by atomic mass is 16.5. The van der Waals surface area contributed by atoms with Gasteiger partial charge in [0.05, 0.1) is 12.8 Å². The van der Waals surface area contributed by atoms with Crippen molar-refractivity contribution >= 4 is 11.5 Å². The van der Waals surface area contributed by atoms with E-state index in [9.17, 15) is 0 Å². The van der Waals surface area contributed by atoms with Crippen LogP contribution in [0.2, 0.25) is 0 Å². The molecule has 1 aromatic rings. The largest absolute Gasteiger partial charge is 0.497 e. The maximum atomic E-state index is 8.49. The minimum atomic E-state index is 0.449. The maximum absolute atomic E-state index is 8.49. The SMILES string of the molecule is COc1ccc(N=C(C)NO)cc1. The lowest BCUT2D eigenvalue weighted by atomic mass is 10.3. The monoisotopic (exact) mass is 180 g/mol. The van der Waals surface area contributed by atoms with Crippen LogP contribution in [0.25, 0.3) is 0 Å². The molecule has 0 saturated carbocycles. The highest BCUT2D eigenvalue weighted by molar-refractivity contribution is 5.81. The third kappa shape index (κ3) is 2.76. The number of hydroxylamine groups is 1. The van der Waals surface area contributed by atoms with Gasteiger partial charge in [0.1, 0.15) is 11.6 Å². The molecule has 2 N–H and O–H groups in total. The van der Waals surface area contributed by atoms with E-state index in [1.807, 2.05) is 17.6 Å². The summed E-state index contributed by atoms with van der Waals surface area (Å²) in [6.07, 6.45) is 0. The first kappa shape index (κ1) is 9.54. The van der Waals surface area contributed by atoms with Crippen LogP contribution in [0, 0.1) is 0 Å². The first-order chi connectivity index (χ1) is 6.26. The molecule has 0 unspecified atom stereocenters. The van der Waals surface area contributed by atoms with Gasteiger partial charge in [0.15, 0.2) is 0 Å². The third-order valence-electron chi connectivity index (χ3n) is 1.53. The Hall–Kier alpha value is -1.55. The number of rotatable bonds is 2. The summed E-state index contributed by atoms with van der Waals surface area (Å²) < 4.78 is 4.99. The smallest absolute Gasteiger partial charge is 0.123 e. The molecule has 0 aliphatic heterocycles. The molecule has 0 heterocycles. The van der Waals surface area contributed by atoms with Crippen LogP contribution in [0.1, 0.15) is 6.92 Å². The molecule has 0 fully saturated rings. The molecule has 0 amide bonds. The van der Waals surface area contributed by atoms with E-state index in [2.05, 4.69) is 4.99 Å². The fraction of sp³-hybridized carbons (Fsp3) is 0.222. The summed E-state index contributed by atoms with van der Waals surface area (Å²) in [5.41, 5.74) is 2.72. The van der Waals surface area contributed by atoms with Crippen LogP contribution in [0.4, 0.5) is 5.69 Å². The fourth-order valence-electron chi connectivity index (χ4n) is 0.875. The Morgan fingerprint density at radius 1 is 1.38 bits per heavy atom. The molecular weight excluding hydrogens is 168 g/mol. The van der Waals surface area contributed by atoms with Crippen molar-refractivity contribution in [2.24, 2.45) is 4.99 Å². The third-order valence-corrected chi connectivity index (χ3v) is 1.53. The summed E-state index contributed by atoms with van der Waals surface area (Å²) in [6, 6.07) is 7.23.